The van der Waals surface area contributed by atoms with Gasteiger partial charge in [-0.05, 0) is 41.6 Å². The fraction of sp³-hybridized carbons (Fsp3) is 0.316. The second-order valence-electron chi connectivity index (χ2n) is 6.30. The molecule has 3 N–H and O–H groups in total. The molecule has 0 unspecified atom stereocenters. The summed E-state index contributed by atoms with van der Waals surface area (Å²) in [5.74, 6) is -2.10. The topological polar surface area (TPSA) is 153 Å². The van der Waals surface area contributed by atoms with Gasteiger partial charge < -0.3 is 20.5 Å². The van der Waals surface area contributed by atoms with Crippen molar-refractivity contribution in [3.8, 4) is 5.75 Å². The van der Waals surface area contributed by atoms with Gasteiger partial charge in [0.05, 0.1) is 42.1 Å². The molecule has 10 nitrogen and oxygen atoms in total. The highest BCUT2D eigenvalue weighted by molar-refractivity contribution is 7.12. The predicted molar refractivity (Wildman–Crippen MR) is 120 cm³/mol. The SMILES string of the molecule is CCOC(=O)C[C@H](NC(=O)CNC(=O)c1sccc1CN=[N+]=[N-])c1cc(Cl)cc(Cl)c1O. The van der Waals surface area contributed by atoms with Crippen LogP contribution in [0.4, 0.5) is 0 Å². The van der Waals surface area contributed by atoms with Gasteiger partial charge in [-0.15, -0.1) is 11.3 Å². The summed E-state index contributed by atoms with van der Waals surface area (Å²) in [4.78, 5) is 39.9. The summed E-state index contributed by atoms with van der Waals surface area (Å²) in [6.45, 7) is 1.36. The molecule has 0 aliphatic rings. The summed E-state index contributed by atoms with van der Waals surface area (Å²) in [6.07, 6.45) is -0.293. The van der Waals surface area contributed by atoms with Gasteiger partial charge in [0, 0.05) is 15.5 Å². The number of halogens is 2. The molecule has 0 spiro atoms. The largest absolute Gasteiger partial charge is 0.506 e. The van der Waals surface area contributed by atoms with E-state index < -0.39 is 30.4 Å². The van der Waals surface area contributed by atoms with Gasteiger partial charge in [0.2, 0.25) is 5.91 Å². The molecule has 1 aromatic heterocycles. The van der Waals surface area contributed by atoms with Gasteiger partial charge in [-0.2, -0.15) is 0 Å². The zero-order valence-electron chi connectivity index (χ0n) is 16.8. The maximum absolute atomic E-state index is 12.5. The predicted octanol–water partition coefficient (Wildman–Crippen LogP) is 4.11. The molecule has 170 valence electrons. The molecule has 2 rings (SSSR count). The smallest absolute Gasteiger partial charge is 0.308 e. The Hall–Kier alpha value is -2.98. The molecule has 1 heterocycles. The maximum Gasteiger partial charge on any atom is 0.308 e. The summed E-state index contributed by atoms with van der Waals surface area (Å²) in [7, 11) is 0. The van der Waals surface area contributed by atoms with Crippen LogP contribution in [0.3, 0.4) is 0 Å². The van der Waals surface area contributed by atoms with E-state index in [1.807, 2.05) is 0 Å². The number of nitrogens with one attached hydrogen (secondary N) is 2. The molecular formula is C19H19Cl2N5O5S. The number of aromatic hydroxyl groups is 1. The molecule has 0 fully saturated rings. The van der Waals surface area contributed by atoms with Crippen LogP contribution in [0.1, 0.15) is 40.2 Å². The molecule has 1 atom stereocenters. The van der Waals surface area contributed by atoms with Crippen molar-refractivity contribution in [3.63, 3.8) is 0 Å². The Morgan fingerprint density at radius 1 is 1.34 bits per heavy atom. The van der Waals surface area contributed by atoms with Crippen LogP contribution < -0.4 is 10.6 Å². The number of azide groups is 1. The van der Waals surface area contributed by atoms with Crippen LogP contribution in [0, 0.1) is 0 Å². The van der Waals surface area contributed by atoms with Crippen molar-refractivity contribution in [2.45, 2.75) is 25.9 Å². The van der Waals surface area contributed by atoms with E-state index in [-0.39, 0.29) is 40.9 Å². The number of rotatable bonds is 10. The zero-order valence-corrected chi connectivity index (χ0v) is 19.1. The van der Waals surface area contributed by atoms with Gasteiger partial charge >= 0.3 is 5.97 Å². The Kier molecular flexibility index (Phi) is 9.61. The number of ether oxygens (including phenoxy) is 1. The fourth-order valence-electron chi connectivity index (χ4n) is 2.73. The number of nitrogens with zero attached hydrogens (tertiary/aromatic N) is 3. The Labute approximate surface area is 197 Å². The molecule has 32 heavy (non-hydrogen) atoms. The van der Waals surface area contributed by atoms with E-state index in [9.17, 15) is 19.5 Å². The Bertz CT molecular complexity index is 1050. The van der Waals surface area contributed by atoms with Crippen molar-refractivity contribution in [2.75, 3.05) is 13.2 Å². The summed E-state index contributed by atoms with van der Waals surface area (Å²) < 4.78 is 4.93. The molecule has 0 aliphatic heterocycles. The lowest BCUT2D eigenvalue weighted by atomic mass is 10.0. The van der Waals surface area contributed by atoms with Crippen LogP contribution in [-0.2, 0) is 20.9 Å². The Morgan fingerprint density at radius 3 is 2.78 bits per heavy atom. The number of phenols is 1. The number of carbonyl (C=O) groups excluding carboxylic acids is 3. The first-order valence-electron chi connectivity index (χ1n) is 9.25. The first kappa shape index (κ1) is 25.3. The van der Waals surface area contributed by atoms with E-state index >= 15 is 0 Å². The molecule has 13 heteroatoms. The molecule has 1 aromatic carbocycles. The molecule has 2 amide bonds. The average molecular weight is 500 g/mol. The van der Waals surface area contributed by atoms with Crippen LogP contribution >= 0.6 is 34.5 Å². The second-order valence-corrected chi connectivity index (χ2v) is 8.06. The minimum Gasteiger partial charge on any atom is -0.506 e. The van der Waals surface area contributed by atoms with Gasteiger partial charge in [0.25, 0.3) is 5.91 Å². The number of carbonyl (C=O) groups is 3. The summed E-state index contributed by atoms with van der Waals surface area (Å²) >= 11 is 13.1. The number of hydrogen-bond donors (Lipinski definition) is 3. The number of amides is 2. The number of thiophene rings is 1. The normalized spacial score (nSPS) is 11.2. The quantitative estimate of drug-likeness (QED) is 0.194. The first-order chi connectivity index (χ1) is 15.3. The Balaban J connectivity index is 2.11. The van der Waals surface area contributed by atoms with E-state index in [4.69, 9.17) is 33.5 Å². The summed E-state index contributed by atoms with van der Waals surface area (Å²) in [5.41, 5.74) is 9.10. The number of hydrogen-bond acceptors (Lipinski definition) is 7. The van der Waals surface area contributed by atoms with Crippen molar-refractivity contribution in [2.24, 2.45) is 5.11 Å². The van der Waals surface area contributed by atoms with Crippen LogP contribution in [0.25, 0.3) is 10.4 Å². The van der Waals surface area contributed by atoms with Crippen molar-refractivity contribution in [1.29, 1.82) is 0 Å². The summed E-state index contributed by atoms with van der Waals surface area (Å²) in [5, 5.41) is 20.6. The highest BCUT2D eigenvalue weighted by Gasteiger charge is 2.24. The van der Waals surface area contributed by atoms with E-state index in [0.717, 1.165) is 11.3 Å². The Morgan fingerprint density at radius 2 is 2.09 bits per heavy atom. The molecule has 0 radical (unpaired) electrons. The van der Waals surface area contributed by atoms with Crippen LogP contribution in [0.5, 0.6) is 5.75 Å². The van der Waals surface area contributed by atoms with E-state index in [1.54, 1.807) is 18.4 Å². The van der Waals surface area contributed by atoms with Crippen molar-refractivity contribution < 1.29 is 24.2 Å². The highest BCUT2D eigenvalue weighted by atomic mass is 35.5. The third-order valence-electron chi connectivity index (χ3n) is 4.11. The lowest BCUT2D eigenvalue weighted by molar-refractivity contribution is -0.143. The fourth-order valence-corrected chi connectivity index (χ4v) is 4.07. The van der Waals surface area contributed by atoms with Gasteiger partial charge in [-0.25, -0.2) is 0 Å². The molecule has 0 aliphatic carbocycles. The van der Waals surface area contributed by atoms with Crippen LogP contribution in [0.15, 0.2) is 28.7 Å². The van der Waals surface area contributed by atoms with Crippen molar-refractivity contribution in [3.05, 3.63) is 60.1 Å². The molecule has 0 saturated carbocycles. The van der Waals surface area contributed by atoms with E-state index in [2.05, 4.69) is 20.7 Å². The third-order valence-corrected chi connectivity index (χ3v) is 5.57. The maximum atomic E-state index is 12.5. The van der Waals surface area contributed by atoms with Gasteiger partial charge in [-0.3, -0.25) is 14.4 Å². The van der Waals surface area contributed by atoms with Gasteiger partial charge in [-0.1, -0.05) is 28.3 Å². The number of benzene rings is 1. The second kappa shape index (κ2) is 12.2. The number of phenolic OH excluding ortho intramolecular Hbond substituents is 1. The van der Waals surface area contributed by atoms with Gasteiger partial charge in [0.15, 0.2) is 0 Å². The minimum atomic E-state index is -1.00. The van der Waals surface area contributed by atoms with Crippen molar-refractivity contribution in [1.82, 2.24) is 10.6 Å². The monoisotopic (exact) mass is 499 g/mol. The molecular weight excluding hydrogens is 481 g/mol. The molecule has 2 aromatic rings. The van der Waals surface area contributed by atoms with E-state index in [1.165, 1.54) is 12.1 Å². The first-order valence-corrected chi connectivity index (χ1v) is 10.9. The number of esters is 1. The molecule has 0 saturated heterocycles. The summed E-state index contributed by atoms with van der Waals surface area (Å²) in [6, 6.07) is 3.34. The third kappa shape index (κ3) is 7.03. The lowest BCUT2D eigenvalue weighted by Crippen LogP contribution is -2.39. The lowest BCUT2D eigenvalue weighted by Gasteiger charge is -2.20. The standard InChI is InChI=1S/C19H19Cl2N5O5S/c1-2-31-16(28)7-14(12-5-11(20)6-13(21)17(12)29)25-15(27)9-23-19(30)18-10(3-4-32-18)8-24-26-22/h3-6,14,29H,2,7-9H2,1H3,(H,23,30)(H,25,27)/t14-/m0/s1. The van der Waals surface area contributed by atoms with Gasteiger partial charge in [0.1, 0.15) is 5.75 Å². The van der Waals surface area contributed by atoms with Crippen LogP contribution in [-0.4, -0.2) is 36.0 Å². The zero-order chi connectivity index (χ0) is 23.7. The van der Waals surface area contributed by atoms with Crippen LogP contribution in [0.2, 0.25) is 10.0 Å². The highest BCUT2D eigenvalue weighted by Crippen LogP contribution is 2.36. The average Bonchev–Trinajstić information content (AvgIpc) is 3.21. The van der Waals surface area contributed by atoms with E-state index in [0.29, 0.717) is 10.4 Å². The minimum absolute atomic E-state index is 0.00532. The molecule has 0 bridgehead atoms. The van der Waals surface area contributed by atoms with Crippen molar-refractivity contribution >= 4 is 52.3 Å².